The largest absolute Gasteiger partial charge is 0.308 e. The highest BCUT2D eigenvalue weighted by molar-refractivity contribution is 7.87. The monoisotopic (exact) mass is 506 g/mol. The van der Waals surface area contributed by atoms with Gasteiger partial charge in [-0.1, -0.05) is 72.8 Å². The van der Waals surface area contributed by atoms with Crippen molar-refractivity contribution in [1.29, 1.82) is 0 Å². The fraction of sp³-hybridized carbons (Fsp3) is 0. The Labute approximate surface area is 203 Å². The molecule has 0 bridgehead atoms. The van der Waals surface area contributed by atoms with Crippen molar-refractivity contribution in [3.05, 3.63) is 133 Å². The third kappa shape index (κ3) is 4.47. The summed E-state index contributed by atoms with van der Waals surface area (Å²) in [5, 5.41) is 36.7. The van der Waals surface area contributed by atoms with Gasteiger partial charge in [-0.2, -0.15) is 0 Å². The second-order valence-electron chi connectivity index (χ2n) is 7.49. The van der Waals surface area contributed by atoms with Crippen molar-refractivity contribution in [2.45, 2.75) is 0 Å². The zero-order chi connectivity index (χ0) is 25.9. The minimum absolute atomic E-state index is 0.349. The molecule has 0 radical (unpaired) electrons. The molecule has 0 amide bonds. The number of nitrogens with zero attached hydrogens (tertiary/aromatic N) is 4. The van der Waals surface area contributed by atoms with Crippen molar-refractivity contribution < 1.29 is 19.2 Å². The van der Waals surface area contributed by atoms with Gasteiger partial charge >= 0.3 is 11.4 Å². The van der Waals surface area contributed by atoms with Crippen LogP contribution in [0.2, 0.25) is 0 Å². The van der Waals surface area contributed by atoms with Crippen LogP contribution in [0.25, 0.3) is 0 Å². The molecule has 0 saturated carbocycles. The fourth-order valence-electron chi connectivity index (χ4n) is 3.81. The summed E-state index contributed by atoms with van der Waals surface area (Å²) in [4.78, 5) is 32.4. The predicted molar refractivity (Wildman–Crippen MR) is 134 cm³/mol. The summed E-state index contributed by atoms with van der Waals surface area (Å²) >= 11 is 0. The van der Waals surface area contributed by atoms with Crippen LogP contribution in [-0.2, 0) is 0 Å². The molecule has 4 aromatic rings. The van der Waals surface area contributed by atoms with E-state index in [2.05, 4.69) is 0 Å². The summed E-state index contributed by atoms with van der Waals surface area (Å²) in [5.74, 6) is -0.591. The average Bonchev–Trinajstić information content (AvgIpc) is 2.87. The van der Waals surface area contributed by atoms with Gasteiger partial charge in [-0.05, 0) is 12.1 Å². The summed E-state index contributed by atoms with van der Waals surface area (Å²) in [6, 6.07) is 23.9. The molecule has 0 N–H and O–H groups in total. The van der Waals surface area contributed by atoms with Gasteiger partial charge in [-0.25, -0.2) is 9.14 Å². The van der Waals surface area contributed by atoms with Gasteiger partial charge in [0.05, 0.1) is 34.0 Å². The van der Waals surface area contributed by atoms with Crippen molar-refractivity contribution in [3.63, 3.8) is 0 Å². The molecular weight excluding hydrogens is 490 g/mol. The SMILES string of the molecule is O=[N+]([O-])c1cc([N+](=O)[O-])c(N=P(c2ccccc2)(c2ccccc2)c2cccc(F)c2)c([N+](=O)[O-])c1. The standard InChI is InChI=1S/C24H16FN4O6P/c25-17-8-7-13-21(14-17)36(19-9-3-1-4-10-19,20-11-5-2-6-12-20)26-24-22(28(32)33)15-18(27(30)31)16-23(24)29(34)35/h1-16H. The number of benzene rings is 4. The first-order chi connectivity index (χ1) is 17.2. The lowest BCUT2D eigenvalue weighted by Crippen LogP contribution is -2.25. The maximum atomic E-state index is 14.5. The minimum atomic E-state index is -3.37. The van der Waals surface area contributed by atoms with Crippen molar-refractivity contribution in [1.82, 2.24) is 0 Å². The lowest BCUT2D eigenvalue weighted by atomic mass is 10.2. The molecule has 4 rings (SSSR count). The van der Waals surface area contributed by atoms with Gasteiger partial charge in [0.1, 0.15) is 5.82 Å². The van der Waals surface area contributed by atoms with E-state index in [0.717, 1.165) is 0 Å². The van der Waals surface area contributed by atoms with Crippen LogP contribution in [0.15, 0.2) is 102 Å². The number of rotatable bonds is 7. The summed E-state index contributed by atoms with van der Waals surface area (Å²) in [6.45, 7) is 0. The van der Waals surface area contributed by atoms with Crippen LogP contribution in [0.5, 0.6) is 0 Å². The topological polar surface area (TPSA) is 142 Å². The lowest BCUT2D eigenvalue weighted by molar-refractivity contribution is -0.402. The summed E-state index contributed by atoms with van der Waals surface area (Å²) in [7, 11) is -3.37. The number of hydrogen-bond acceptors (Lipinski definition) is 7. The maximum Gasteiger partial charge on any atom is 0.308 e. The van der Waals surface area contributed by atoms with Crippen LogP contribution >= 0.6 is 7.05 Å². The van der Waals surface area contributed by atoms with E-state index in [9.17, 15) is 34.7 Å². The number of halogens is 1. The molecule has 0 aromatic heterocycles. The molecule has 0 unspecified atom stereocenters. The zero-order valence-electron chi connectivity index (χ0n) is 18.3. The van der Waals surface area contributed by atoms with Gasteiger partial charge in [-0.3, -0.25) is 30.3 Å². The van der Waals surface area contributed by atoms with E-state index >= 15 is 0 Å². The quantitative estimate of drug-likeness (QED) is 0.188. The van der Waals surface area contributed by atoms with E-state index in [-0.39, 0.29) is 0 Å². The molecule has 0 aliphatic heterocycles. The van der Waals surface area contributed by atoms with Gasteiger partial charge in [0, 0.05) is 15.9 Å². The number of hydrogen-bond donors (Lipinski definition) is 0. The third-order valence-corrected chi connectivity index (χ3v) is 8.97. The molecule has 36 heavy (non-hydrogen) atoms. The van der Waals surface area contributed by atoms with E-state index in [4.69, 9.17) is 4.74 Å². The van der Waals surface area contributed by atoms with Gasteiger partial charge < -0.3 is 0 Å². The first-order valence-electron chi connectivity index (χ1n) is 10.3. The summed E-state index contributed by atoms with van der Waals surface area (Å²) in [5.41, 5.74) is -3.26. The Bertz CT molecular complexity index is 1470. The molecular formula is C24H16FN4O6P. The molecule has 0 saturated heterocycles. The molecule has 4 aromatic carbocycles. The normalized spacial score (nSPS) is 11.0. The Kier molecular flexibility index (Phi) is 6.67. The zero-order valence-corrected chi connectivity index (χ0v) is 19.2. The average molecular weight is 506 g/mol. The molecule has 10 nitrogen and oxygen atoms in total. The fourth-order valence-corrected chi connectivity index (χ4v) is 7.38. The van der Waals surface area contributed by atoms with Crippen molar-refractivity contribution >= 4 is 45.7 Å². The molecule has 0 fully saturated rings. The minimum Gasteiger partial charge on any atom is -0.258 e. The Hall–Kier alpha value is -4.76. The Balaban J connectivity index is 2.28. The van der Waals surface area contributed by atoms with E-state index < -0.39 is 50.4 Å². The smallest absolute Gasteiger partial charge is 0.258 e. The molecule has 0 aliphatic carbocycles. The molecule has 0 aliphatic rings. The Morgan fingerprint density at radius 1 is 0.611 bits per heavy atom. The highest BCUT2D eigenvalue weighted by atomic mass is 31.2. The highest BCUT2D eigenvalue weighted by Crippen LogP contribution is 2.53. The Morgan fingerprint density at radius 2 is 1.08 bits per heavy atom. The van der Waals surface area contributed by atoms with E-state index in [0.29, 0.717) is 28.0 Å². The first kappa shape index (κ1) is 24.4. The van der Waals surface area contributed by atoms with Crippen molar-refractivity contribution in [2.24, 2.45) is 4.74 Å². The summed E-state index contributed by atoms with van der Waals surface area (Å²) in [6.07, 6.45) is 0. The van der Waals surface area contributed by atoms with Gasteiger partial charge in [-0.15, -0.1) is 0 Å². The highest BCUT2D eigenvalue weighted by Gasteiger charge is 2.35. The molecule has 0 heterocycles. The van der Waals surface area contributed by atoms with Crippen molar-refractivity contribution in [2.75, 3.05) is 0 Å². The molecule has 12 heteroatoms. The molecule has 180 valence electrons. The van der Waals surface area contributed by atoms with Crippen LogP contribution in [0.3, 0.4) is 0 Å². The maximum absolute atomic E-state index is 14.5. The molecule has 0 spiro atoms. The van der Waals surface area contributed by atoms with Crippen LogP contribution in [0.4, 0.5) is 27.1 Å². The summed E-state index contributed by atoms with van der Waals surface area (Å²) < 4.78 is 19.2. The number of nitro benzene ring substituents is 3. The first-order valence-corrected chi connectivity index (χ1v) is 12.1. The van der Waals surface area contributed by atoms with E-state index in [1.165, 1.54) is 18.2 Å². The van der Waals surface area contributed by atoms with E-state index in [1.807, 2.05) is 0 Å². The van der Waals surface area contributed by atoms with Crippen LogP contribution < -0.4 is 15.9 Å². The molecule has 0 atom stereocenters. The third-order valence-electron chi connectivity index (χ3n) is 5.35. The lowest BCUT2D eigenvalue weighted by Gasteiger charge is -2.26. The number of non-ortho nitro benzene ring substituents is 1. The van der Waals surface area contributed by atoms with Gasteiger partial charge in [0.25, 0.3) is 5.69 Å². The van der Waals surface area contributed by atoms with Gasteiger partial charge in [0.2, 0.25) is 5.69 Å². The van der Waals surface area contributed by atoms with Crippen LogP contribution in [0.1, 0.15) is 0 Å². The van der Waals surface area contributed by atoms with Crippen LogP contribution in [0, 0.1) is 36.2 Å². The second kappa shape index (κ2) is 9.85. The van der Waals surface area contributed by atoms with E-state index in [1.54, 1.807) is 66.7 Å². The van der Waals surface area contributed by atoms with Crippen molar-refractivity contribution in [3.8, 4) is 0 Å². The second-order valence-corrected chi connectivity index (χ2v) is 10.5. The predicted octanol–water partition coefficient (Wildman–Crippen LogP) is 5.36. The van der Waals surface area contributed by atoms with Crippen LogP contribution in [-0.4, -0.2) is 14.8 Å². The number of nitro groups is 3. The van der Waals surface area contributed by atoms with Gasteiger partial charge in [0.15, 0.2) is 0 Å². The Morgan fingerprint density at radius 3 is 1.50 bits per heavy atom.